The van der Waals surface area contributed by atoms with Crippen LogP contribution < -0.4 is 15.3 Å². The van der Waals surface area contributed by atoms with Gasteiger partial charge in [0.2, 0.25) is 5.91 Å². The van der Waals surface area contributed by atoms with E-state index in [2.05, 4.69) is 0 Å². The lowest BCUT2D eigenvalue weighted by atomic mass is 10.0. The minimum atomic E-state index is -0.483. The van der Waals surface area contributed by atoms with Gasteiger partial charge in [-0.15, -0.1) is 0 Å². The van der Waals surface area contributed by atoms with E-state index < -0.39 is 5.91 Å². The van der Waals surface area contributed by atoms with Crippen LogP contribution in [0.25, 0.3) is 0 Å². The molecule has 2 amide bonds. The Morgan fingerprint density at radius 3 is 2.03 bits per heavy atom. The van der Waals surface area contributed by atoms with Crippen molar-refractivity contribution >= 4 is 17.5 Å². The van der Waals surface area contributed by atoms with E-state index in [0.29, 0.717) is 22.1 Å². The molecule has 3 rings (SSSR count). The Morgan fingerprint density at radius 1 is 0.938 bits per heavy atom. The summed E-state index contributed by atoms with van der Waals surface area (Å²) in [6.45, 7) is 1.80. The van der Waals surface area contributed by atoms with Gasteiger partial charge in [0.05, 0.1) is 12.8 Å². The number of anilines is 1. The predicted molar refractivity (Wildman–Crippen MR) is 122 cm³/mol. The number of benzene rings is 3. The molecule has 168 valence electrons. The zero-order valence-electron chi connectivity index (χ0n) is 18.1. The van der Waals surface area contributed by atoms with Crippen molar-refractivity contribution in [2.45, 2.75) is 19.8 Å². The van der Waals surface area contributed by atoms with E-state index in [-0.39, 0.29) is 11.8 Å². The van der Waals surface area contributed by atoms with E-state index in [0.717, 1.165) is 12.8 Å². The number of rotatable bonds is 7. The van der Waals surface area contributed by atoms with Crippen LogP contribution in [-0.2, 0) is 11.2 Å². The van der Waals surface area contributed by atoms with Crippen LogP contribution in [0.15, 0.2) is 84.9 Å². The van der Waals surface area contributed by atoms with Gasteiger partial charge in [-0.05, 0) is 54.8 Å². The molecule has 0 heterocycles. The second-order valence-corrected chi connectivity index (χ2v) is 7.08. The van der Waals surface area contributed by atoms with Gasteiger partial charge in [0.25, 0.3) is 5.91 Å². The summed E-state index contributed by atoms with van der Waals surface area (Å²) in [5.74, 6) is -0.291. The summed E-state index contributed by atoms with van der Waals surface area (Å²) in [5, 5.41) is 18.9. The number of ether oxygens (including phenoxy) is 1. The fourth-order valence-electron chi connectivity index (χ4n) is 2.81. The molecule has 0 spiro atoms. The highest BCUT2D eigenvalue weighted by atomic mass is 16.5. The molecule has 7 heteroatoms. The molecule has 3 aromatic rings. The normalized spacial score (nSPS) is 10.9. The van der Waals surface area contributed by atoms with E-state index in [9.17, 15) is 14.8 Å². The monoisotopic (exact) mass is 436 g/mol. The highest BCUT2D eigenvalue weighted by Gasteiger charge is 2.15. The molecule has 3 N–H and O–H groups in total. The van der Waals surface area contributed by atoms with Gasteiger partial charge >= 0.3 is 0 Å². The molecule has 32 heavy (non-hydrogen) atoms. The lowest BCUT2D eigenvalue weighted by molar-refractivity contribution is -0.133. The first-order valence-electron chi connectivity index (χ1n) is 10.2. The molecule has 7 nitrogen and oxygen atoms in total. The number of para-hydroxylation sites is 1. The predicted octanol–water partition coefficient (Wildman–Crippen LogP) is 4.49. The third-order valence-corrected chi connectivity index (χ3v) is 4.80. The van der Waals surface area contributed by atoms with Gasteiger partial charge < -0.3 is 4.74 Å². The number of methoxy groups -OCH3 is 1. The molecule has 0 aliphatic carbocycles. The van der Waals surface area contributed by atoms with E-state index in [1.54, 1.807) is 68.0 Å². The summed E-state index contributed by atoms with van der Waals surface area (Å²) in [7, 11) is 1.55. The van der Waals surface area contributed by atoms with E-state index in [1.165, 1.54) is 5.56 Å². The molecule has 1 unspecified atom stereocenters. The van der Waals surface area contributed by atoms with Crippen LogP contribution in [0, 0.1) is 5.92 Å². The third kappa shape index (κ3) is 7.54. The van der Waals surface area contributed by atoms with Crippen molar-refractivity contribution in [2.24, 2.45) is 5.92 Å². The number of carbonyl (C=O) groups excluding carboxylic acids is 2. The SMILES string of the molecule is CC(CCc1ccccc1)C(=O)NO.COc1ccc(C(=O)N(O)c2ccccc2)cc1. The number of aryl methyl sites for hydroxylation is 1. The fourth-order valence-corrected chi connectivity index (χ4v) is 2.81. The Kier molecular flexibility index (Phi) is 9.90. The minimum absolute atomic E-state index is 0.153. The zero-order chi connectivity index (χ0) is 23.3. The largest absolute Gasteiger partial charge is 0.497 e. The number of amides is 2. The summed E-state index contributed by atoms with van der Waals surface area (Å²) < 4.78 is 5.01. The van der Waals surface area contributed by atoms with Gasteiger partial charge in [-0.3, -0.25) is 20.0 Å². The Morgan fingerprint density at radius 2 is 1.50 bits per heavy atom. The number of nitrogens with zero attached hydrogens (tertiary/aromatic N) is 1. The van der Waals surface area contributed by atoms with Crippen LogP contribution in [0.3, 0.4) is 0 Å². The van der Waals surface area contributed by atoms with Crippen LogP contribution in [0.1, 0.15) is 29.3 Å². The minimum Gasteiger partial charge on any atom is -0.497 e. The van der Waals surface area contributed by atoms with Crippen molar-refractivity contribution in [1.82, 2.24) is 5.48 Å². The van der Waals surface area contributed by atoms with Gasteiger partial charge in [0.1, 0.15) is 5.75 Å². The molecular weight excluding hydrogens is 408 g/mol. The molecule has 0 saturated heterocycles. The van der Waals surface area contributed by atoms with Gasteiger partial charge in [-0.2, -0.15) is 5.06 Å². The zero-order valence-corrected chi connectivity index (χ0v) is 18.1. The average Bonchev–Trinajstić information content (AvgIpc) is 2.87. The summed E-state index contributed by atoms with van der Waals surface area (Å²) in [6.07, 6.45) is 1.60. The molecule has 3 aromatic carbocycles. The number of hydrogen-bond acceptors (Lipinski definition) is 5. The maximum absolute atomic E-state index is 12.0. The highest BCUT2D eigenvalue weighted by Crippen LogP contribution is 2.17. The van der Waals surface area contributed by atoms with Gasteiger partial charge in [0.15, 0.2) is 0 Å². The first-order valence-corrected chi connectivity index (χ1v) is 10.2. The van der Waals surface area contributed by atoms with Crippen molar-refractivity contribution in [3.8, 4) is 5.75 Å². The van der Waals surface area contributed by atoms with Crippen LogP contribution in [0.5, 0.6) is 5.75 Å². The Labute approximate surface area is 187 Å². The summed E-state index contributed by atoms with van der Waals surface area (Å²) in [5.41, 5.74) is 3.69. The van der Waals surface area contributed by atoms with Gasteiger partial charge in [0, 0.05) is 11.5 Å². The summed E-state index contributed by atoms with van der Waals surface area (Å²) in [4.78, 5) is 23.0. The molecule has 0 radical (unpaired) electrons. The maximum atomic E-state index is 12.0. The second-order valence-electron chi connectivity index (χ2n) is 7.08. The molecule has 1 atom stereocenters. The lowest BCUT2D eigenvalue weighted by Crippen LogP contribution is -2.26. The Balaban J connectivity index is 0.000000235. The van der Waals surface area contributed by atoms with Crippen LogP contribution in [-0.4, -0.2) is 29.3 Å². The van der Waals surface area contributed by atoms with E-state index in [1.807, 2.05) is 36.4 Å². The van der Waals surface area contributed by atoms with Crippen LogP contribution >= 0.6 is 0 Å². The number of nitrogens with one attached hydrogen (secondary N) is 1. The second kappa shape index (κ2) is 12.9. The topological polar surface area (TPSA) is 99.1 Å². The first-order chi connectivity index (χ1) is 15.5. The van der Waals surface area contributed by atoms with Crippen molar-refractivity contribution in [3.05, 3.63) is 96.1 Å². The first kappa shape index (κ1) is 24.6. The van der Waals surface area contributed by atoms with Crippen molar-refractivity contribution < 1.29 is 24.7 Å². The molecule has 0 saturated carbocycles. The van der Waals surface area contributed by atoms with Crippen molar-refractivity contribution in [3.63, 3.8) is 0 Å². The molecule has 0 fully saturated rings. The van der Waals surface area contributed by atoms with E-state index in [4.69, 9.17) is 9.94 Å². The fraction of sp³-hybridized carbons (Fsp3) is 0.200. The average molecular weight is 437 g/mol. The third-order valence-electron chi connectivity index (χ3n) is 4.80. The number of carbonyl (C=O) groups is 2. The highest BCUT2D eigenvalue weighted by molar-refractivity contribution is 6.04. The quantitative estimate of drug-likeness (QED) is 0.374. The Hall–Kier alpha value is -3.68. The lowest BCUT2D eigenvalue weighted by Gasteiger charge is -2.14. The molecule has 0 bridgehead atoms. The Bertz CT molecular complexity index is 963. The van der Waals surface area contributed by atoms with Gasteiger partial charge in [-0.25, -0.2) is 5.48 Å². The standard InChI is InChI=1S/C14H13NO3.C11H15NO2/c1-18-13-9-7-11(8-10-13)14(16)15(17)12-5-3-2-4-6-12;1-9(11(13)12-14)7-8-10-5-3-2-4-6-10/h2-10,17H,1H3;2-6,9,14H,7-8H2,1H3,(H,12,13). The molecule has 0 aliphatic rings. The molecular formula is C25H28N2O5. The van der Waals surface area contributed by atoms with E-state index >= 15 is 0 Å². The summed E-state index contributed by atoms with van der Waals surface area (Å²) >= 11 is 0. The maximum Gasteiger partial charge on any atom is 0.281 e. The van der Waals surface area contributed by atoms with Crippen LogP contribution in [0.4, 0.5) is 5.69 Å². The van der Waals surface area contributed by atoms with Gasteiger partial charge in [-0.1, -0.05) is 55.5 Å². The number of hydroxylamine groups is 2. The smallest absolute Gasteiger partial charge is 0.281 e. The summed E-state index contributed by atoms with van der Waals surface area (Å²) in [6, 6.07) is 25.2. The van der Waals surface area contributed by atoms with Crippen molar-refractivity contribution in [2.75, 3.05) is 12.2 Å². The molecule has 0 aliphatic heterocycles. The molecule has 0 aromatic heterocycles. The number of hydrogen-bond donors (Lipinski definition) is 3. The van der Waals surface area contributed by atoms with Crippen molar-refractivity contribution in [1.29, 1.82) is 0 Å². The van der Waals surface area contributed by atoms with Crippen LogP contribution in [0.2, 0.25) is 0 Å².